The Labute approximate surface area is 204 Å². The SMILES string of the molecule is Cc1ccc(S(=O)(=O)N2CCCC2CNc2nonc2/C(=N/O)Nc2ccc(F)c(Br)c2)cc1. The molecule has 0 saturated carbocycles. The summed E-state index contributed by atoms with van der Waals surface area (Å²) in [7, 11) is -3.65. The summed E-state index contributed by atoms with van der Waals surface area (Å²) >= 11 is 3.10. The van der Waals surface area contributed by atoms with Gasteiger partial charge in [0.05, 0.1) is 9.37 Å². The van der Waals surface area contributed by atoms with Crippen LogP contribution in [-0.2, 0) is 10.0 Å². The third-order valence-corrected chi connectivity index (χ3v) is 8.02. The smallest absolute Gasteiger partial charge is 0.243 e. The fourth-order valence-corrected chi connectivity index (χ4v) is 5.76. The Morgan fingerprint density at radius 2 is 2.06 bits per heavy atom. The van der Waals surface area contributed by atoms with Gasteiger partial charge < -0.3 is 15.8 Å². The molecule has 180 valence electrons. The maximum atomic E-state index is 13.5. The predicted molar refractivity (Wildman–Crippen MR) is 127 cm³/mol. The van der Waals surface area contributed by atoms with Crippen molar-refractivity contribution in [1.29, 1.82) is 0 Å². The molecule has 1 aliphatic rings. The molecular weight excluding hydrogens is 531 g/mol. The molecule has 1 unspecified atom stereocenters. The van der Waals surface area contributed by atoms with Crippen LogP contribution < -0.4 is 10.6 Å². The summed E-state index contributed by atoms with van der Waals surface area (Å²) in [4.78, 5) is 0.248. The molecule has 34 heavy (non-hydrogen) atoms. The van der Waals surface area contributed by atoms with Crippen molar-refractivity contribution in [2.24, 2.45) is 5.16 Å². The second kappa shape index (κ2) is 10.1. The second-order valence-corrected chi connectivity index (χ2v) is 10.5. The lowest BCUT2D eigenvalue weighted by atomic mass is 10.2. The monoisotopic (exact) mass is 552 g/mol. The zero-order valence-electron chi connectivity index (χ0n) is 18.1. The van der Waals surface area contributed by atoms with Gasteiger partial charge in [-0.3, -0.25) is 0 Å². The van der Waals surface area contributed by atoms with Crippen molar-refractivity contribution in [2.75, 3.05) is 23.7 Å². The second-order valence-electron chi connectivity index (χ2n) is 7.77. The highest BCUT2D eigenvalue weighted by molar-refractivity contribution is 9.10. The Kier molecular flexibility index (Phi) is 7.14. The minimum absolute atomic E-state index is 0.0777. The first-order valence-corrected chi connectivity index (χ1v) is 12.6. The highest BCUT2D eigenvalue weighted by Crippen LogP contribution is 2.27. The Balaban J connectivity index is 1.47. The molecule has 1 fully saturated rings. The molecular formula is C21H22BrFN6O4S. The molecule has 0 spiro atoms. The van der Waals surface area contributed by atoms with Crippen LogP contribution in [-0.4, -0.2) is 53.2 Å². The lowest BCUT2D eigenvalue weighted by Gasteiger charge is -2.24. The number of nitrogens with one attached hydrogen (secondary N) is 2. The summed E-state index contributed by atoms with van der Waals surface area (Å²) in [5, 5.41) is 26.1. The van der Waals surface area contributed by atoms with Crippen LogP contribution in [0.15, 0.2) is 61.6 Å². The van der Waals surface area contributed by atoms with Crippen LogP contribution in [0.2, 0.25) is 0 Å². The normalized spacial score (nSPS) is 17.1. The minimum Gasteiger partial charge on any atom is -0.409 e. The molecule has 1 aromatic heterocycles. The number of hydrogen-bond donors (Lipinski definition) is 3. The van der Waals surface area contributed by atoms with Crippen molar-refractivity contribution >= 4 is 43.3 Å². The number of benzene rings is 2. The van der Waals surface area contributed by atoms with E-state index in [1.165, 1.54) is 22.5 Å². The third kappa shape index (κ3) is 5.05. The number of oxime groups is 1. The molecule has 3 N–H and O–H groups in total. The van der Waals surface area contributed by atoms with Crippen LogP contribution in [0, 0.1) is 12.7 Å². The number of amidine groups is 1. The summed E-state index contributed by atoms with van der Waals surface area (Å²) in [5.74, 6) is -0.362. The highest BCUT2D eigenvalue weighted by atomic mass is 79.9. The Hall–Kier alpha value is -3.03. The van der Waals surface area contributed by atoms with Crippen molar-refractivity contribution in [3.8, 4) is 0 Å². The van der Waals surface area contributed by atoms with E-state index in [-0.39, 0.29) is 39.3 Å². The van der Waals surface area contributed by atoms with Crippen LogP contribution in [0.25, 0.3) is 0 Å². The summed E-state index contributed by atoms with van der Waals surface area (Å²) in [6.45, 7) is 2.56. The topological polar surface area (TPSA) is 133 Å². The Morgan fingerprint density at radius 1 is 1.29 bits per heavy atom. The van der Waals surface area contributed by atoms with E-state index < -0.39 is 15.8 Å². The van der Waals surface area contributed by atoms with Gasteiger partial charge in [0.2, 0.25) is 21.7 Å². The van der Waals surface area contributed by atoms with Gasteiger partial charge in [-0.15, -0.1) is 0 Å². The lowest BCUT2D eigenvalue weighted by Crippen LogP contribution is -2.39. The van der Waals surface area contributed by atoms with Crippen LogP contribution in [0.4, 0.5) is 15.9 Å². The number of halogens is 2. The van der Waals surface area contributed by atoms with Crippen molar-refractivity contribution in [3.05, 3.63) is 64.0 Å². The largest absolute Gasteiger partial charge is 0.409 e. The van der Waals surface area contributed by atoms with Gasteiger partial charge in [0.15, 0.2) is 5.69 Å². The third-order valence-electron chi connectivity index (χ3n) is 5.45. The molecule has 1 atom stereocenters. The van der Waals surface area contributed by atoms with Gasteiger partial charge >= 0.3 is 0 Å². The van der Waals surface area contributed by atoms with Gasteiger partial charge in [-0.2, -0.15) is 4.31 Å². The van der Waals surface area contributed by atoms with Gasteiger partial charge in [0.25, 0.3) is 0 Å². The molecule has 0 radical (unpaired) electrons. The quantitative estimate of drug-likeness (QED) is 0.174. The van der Waals surface area contributed by atoms with E-state index in [1.54, 1.807) is 24.3 Å². The van der Waals surface area contributed by atoms with E-state index in [4.69, 9.17) is 4.63 Å². The minimum atomic E-state index is -3.65. The van der Waals surface area contributed by atoms with Crippen LogP contribution in [0.3, 0.4) is 0 Å². The van der Waals surface area contributed by atoms with Gasteiger partial charge in [-0.25, -0.2) is 17.4 Å². The number of sulfonamides is 1. The molecule has 10 nitrogen and oxygen atoms in total. The maximum Gasteiger partial charge on any atom is 0.243 e. The van der Waals surface area contributed by atoms with Crippen LogP contribution in [0.5, 0.6) is 0 Å². The summed E-state index contributed by atoms with van der Waals surface area (Å²) in [6, 6.07) is 10.6. The number of aryl methyl sites for hydroxylation is 1. The van der Waals surface area contributed by atoms with Crippen molar-refractivity contribution < 1.29 is 22.6 Å². The molecule has 0 bridgehead atoms. The van der Waals surface area contributed by atoms with Crippen molar-refractivity contribution in [1.82, 2.24) is 14.6 Å². The summed E-state index contributed by atoms with van der Waals surface area (Å²) in [6.07, 6.45) is 1.40. The first kappa shape index (κ1) is 24.1. The summed E-state index contributed by atoms with van der Waals surface area (Å²) < 4.78 is 46.3. The zero-order valence-corrected chi connectivity index (χ0v) is 20.5. The fourth-order valence-electron chi connectivity index (χ4n) is 3.69. The lowest BCUT2D eigenvalue weighted by molar-refractivity contribution is 0.304. The molecule has 1 aliphatic heterocycles. The Bertz CT molecular complexity index is 1300. The molecule has 2 aromatic carbocycles. The predicted octanol–water partition coefficient (Wildman–Crippen LogP) is 3.79. The number of rotatable bonds is 7. The molecule has 13 heteroatoms. The fraction of sp³-hybridized carbons (Fsp3) is 0.286. The molecule has 4 rings (SSSR count). The highest BCUT2D eigenvalue weighted by Gasteiger charge is 2.35. The van der Waals surface area contributed by atoms with Crippen molar-refractivity contribution in [2.45, 2.75) is 30.7 Å². The van der Waals surface area contributed by atoms with E-state index in [2.05, 4.69) is 42.0 Å². The molecule has 0 aliphatic carbocycles. The molecule has 3 aromatic rings. The molecule has 0 amide bonds. The van der Waals surface area contributed by atoms with Crippen LogP contribution >= 0.6 is 15.9 Å². The van der Waals surface area contributed by atoms with E-state index in [0.29, 0.717) is 18.7 Å². The molecule has 1 saturated heterocycles. The average Bonchev–Trinajstić information content (AvgIpc) is 3.48. The van der Waals surface area contributed by atoms with Gasteiger partial charge in [0, 0.05) is 24.8 Å². The van der Waals surface area contributed by atoms with E-state index in [1.807, 2.05) is 6.92 Å². The van der Waals surface area contributed by atoms with E-state index in [9.17, 15) is 18.0 Å². The van der Waals surface area contributed by atoms with Gasteiger partial charge in [-0.05, 0) is 76.3 Å². The average molecular weight is 553 g/mol. The number of aromatic nitrogens is 2. The zero-order chi connectivity index (χ0) is 24.3. The number of anilines is 2. The Morgan fingerprint density at radius 3 is 2.76 bits per heavy atom. The van der Waals surface area contributed by atoms with Crippen molar-refractivity contribution in [3.63, 3.8) is 0 Å². The summed E-state index contributed by atoms with van der Waals surface area (Å²) in [5.41, 5.74) is 1.49. The van der Waals surface area contributed by atoms with Gasteiger partial charge in [-0.1, -0.05) is 22.9 Å². The van der Waals surface area contributed by atoms with E-state index in [0.717, 1.165) is 12.0 Å². The first-order chi connectivity index (χ1) is 16.3. The van der Waals surface area contributed by atoms with Gasteiger partial charge in [0.1, 0.15) is 5.82 Å². The maximum absolute atomic E-state index is 13.5. The number of hydrogen-bond acceptors (Lipinski definition) is 8. The first-order valence-electron chi connectivity index (χ1n) is 10.4. The number of nitrogens with zero attached hydrogens (tertiary/aromatic N) is 4. The van der Waals surface area contributed by atoms with Crippen LogP contribution in [0.1, 0.15) is 24.1 Å². The van der Waals surface area contributed by atoms with E-state index >= 15 is 0 Å². The standard InChI is InChI=1S/C21H22BrFN6O4S/c1-13-4-7-16(8-5-13)34(31,32)29-10-2-3-15(29)12-24-20-19(27-33-28-20)21(26-30)25-14-6-9-18(23)17(22)11-14/h4-9,11,15,30H,2-3,10,12H2,1H3,(H,24,28)(H,25,26). The molecule has 2 heterocycles.